The summed E-state index contributed by atoms with van der Waals surface area (Å²) in [4.78, 5) is 22.3. The third-order valence-electron chi connectivity index (χ3n) is 6.14. The van der Waals surface area contributed by atoms with Gasteiger partial charge < -0.3 is 9.80 Å². The summed E-state index contributed by atoms with van der Waals surface area (Å²) in [6.45, 7) is 6.97. The molecule has 0 radical (unpaired) electrons. The lowest BCUT2D eigenvalue weighted by Gasteiger charge is -2.35. The van der Waals surface area contributed by atoms with Crippen LogP contribution in [0.2, 0.25) is 0 Å². The second-order valence-corrected chi connectivity index (χ2v) is 8.46. The van der Waals surface area contributed by atoms with Gasteiger partial charge in [-0.2, -0.15) is 5.10 Å². The Morgan fingerprint density at radius 1 is 0.879 bits per heavy atom. The number of hydrogen-bond donors (Lipinski definition) is 0. The molecule has 0 bridgehead atoms. The number of pyridine rings is 1. The van der Waals surface area contributed by atoms with Gasteiger partial charge in [0, 0.05) is 44.1 Å². The largest absolute Gasteiger partial charge is 0.353 e. The van der Waals surface area contributed by atoms with Gasteiger partial charge in [0.25, 0.3) is 5.91 Å². The third-order valence-corrected chi connectivity index (χ3v) is 6.14. The van der Waals surface area contributed by atoms with Gasteiger partial charge in [-0.25, -0.2) is 9.67 Å². The lowest BCUT2D eigenvalue weighted by Crippen LogP contribution is -2.49. The fourth-order valence-electron chi connectivity index (χ4n) is 4.37. The summed E-state index contributed by atoms with van der Waals surface area (Å²) >= 11 is 0. The fourth-order valence-corrected chi connectivity index (χ4v) is 4.37. The predicted octanol–water partition coefficient (Wildman–Crippen LogP) is 4.51. The molecular weight excluding hydrogens is 410 g/mol. The number of hydrogen-bond acceptors (Lipinski definition) is 4. The Bertz CT molecular complexity index is 1260. The minimum absolute atomic E-state index is 0.0211. The quantitative estimate of drug-likeness (QED) is 0.471. The molecule has 2 aromatic carbocycles. The van der Waals surface area contributed by atoms with Crippen molar-refractivity contribution in [2.24, 2.45) is 0 Å². The molecule has 3 heterocycles. The molecule has 1 fully saturated rings. The van der Waals surface area contributed by atoms with Crippen LogP contribution in [-0.4, -0.2) is 51.8 Å². The first-order chi connectivity index (χ1) is 16.1. The van der Waals surface area contributed by atoms with Crippen molar-refractivity contribution in [3.8, 4) is 16.9 Å². The van der Waals surface area contributed by atoms with Crippen molar-refractivity contribution in [2.75, 3.05) is 31.1 Å². The lowest BCUT2D eigenvalue weighted by atomic mass is 10.00. The molecule has 6 nitrogen and oxygen atoms in total. The molecule has 6 heteroatoms. The summed E-state index contributed by atoms with van der Waals surface area (Å²) in [5.41, 5.74) is 5.60. The van der Waals surface area contributed by atoms with Gasteiger partial charge in [0.05, 0.1) is 11.3 Å². The number of para-hydroxylation sites is 1. The lowest BCUT2D eigenvalue weighted by molar-refractivity contribution is 0.0747. The van der Waals surface area contributed by atoms with Crippen molar-refractivity contribution in [1.29, 1.82) is 0 Å². The van der Waals surface area contributed by atoms with E-state index in [0.717, 1.165) is 41.4 Å². The maximum atomic E-state index is 13.7. The maximum absolute atomic E-state index is 13.7. The van der Waals surface area contributed by atoms with Crippen LogP contribution in [0.25, 0.3) is 16.9 Å². The van der Waals surface area contributed by atoms with E-state index in [2.05, 4.69) is 41.9 Å². The Morgan fingerprint density at radius 3 is 2.33 bits per heavy atom. The van der Waals surface area contributed by atoms with E-state index in [9.17, 15) is 4.79 Å². The Labute approximate surface area is 194 Å². The van der Waals surface area contributed by atoms with E-state index in [0.29, 0.717) is 18.7 Å². The van der Waals surface area contributed by atoms with Crippen LogP contribution in [0.15, 0.2) is 79.1 Å². The molecule has 5 rings (SSSR count). The molecule has 0 aliphatic carbocycles. The molecule has 2 aromatic heterocycles. The molecular formula is C27H27N5O. The zero-order chi connectivity index (χ0) is 22.8. The number of amides is 1. The molecule has 1 aliphatic heterocycles. The van der Waals surface area contributed by atoms with Gasteiger partial charge in [0.15, 0.2) is 0 Å². The van der Waals surface area contributed by atoms with Crippen LogP contribution in [0.5, 0.6) is 0 Å². The first-order valence-corrected chi connectivity index (χ1v) is 11.3. The normalized spacial score (nSPS) is 13.9. The fraction of sp³-hybridized carbons (Fsp3) is 0.222. The number of aromatic nitrogens is 3. The van der Waals surface area contributed by atoms with Crippen molar-refractivity contribution < 1.29 is 4.79 Å². The first kappa shape index (κ1) is 20.9. The number of aryl methyl sites for hydroxylation is 2. The van der Waals surface area contributed by atoms with Gasteiger partial charge >= 0.3 is 0 Å². The molecule has 1 amide bonds. The van der Waals surface area contributed by atoms with Crippen LogP contribution in [0.4, 0.5) is 5.82 Å². The summed E-state index contributed by atoms with van der Waals surface area (Å²) in [7, 11) is 0. The van der Waals surface area contributed by atoms with E-state index in [4.69, 9.17) is 5.10 Å². The minimum Gasteiger partial charge on any atom is -0.353 e. The highest BCUT2D eigenvalue weighted by Crippen LogP contribution is 2.29. The Kier molecular flexibility index (Phi) is 5.65. The summed E-state index contributed by atoms with van der Waals surface area (Å²) in [5.74, 6) is 0.977. The summed E-state index contributed by atoms with van der Waals surface area (Å²) in [6, 6.07) is 22.1. The molecule has 0 N–H and O–H groups in total. The zero-order valence-electron chi connectivity index (χ0n) is 19.0. The van der Waals surface area contributed by atoms with Crippen molar-refractivity contribution in [2.45, 2.75) is 13.8 Å². The highest BCUT2D eigenvalue weighted by atomic mass is 16.2. The smallest absolute Gasteiger partial charge is 0.257 e. The molecule has 166 valence electrons. The van der Waals surface area contributed by atoms with Crippen LogP contribution in [0.1, 0.15) is 21.5 Å². The van der Waals surface area contributed by atoms with Crippen LogP contribution in [0.3, 0.4) is 0 Å². The summed E-state index contributed by atoms with van der Waals surface area (Å²) in [5, 5.41) is 4.87. The van der Waals surface area contributed by atoms with Gasteiger partial charge in [-0.3, -0.25) is 4.79 Å². The minimum atomic E-state index is 0.0211. The first-order valence-electron chi connectivity index (χ1n) is 11.3. The van der Waals surface area contributed by atoms with E-state index in [1.807, 2.05) is 64.3 Å². The van der Waals surface area contributed by atoms with Crippen LogP contribution in [0, 0.1) is 13.8 Å². The molecule has 0 unspecified atom stereocenters. The summed E-state index contributed by atoms with van der Waals surface area (Å²) < 4.78 is 1.81. The standard InChI is InChI=1S/C27H27N5O/c1-20-11-12-23(21(2)18-20)26-24(19-32(29-26)22-8-4-3-5-9-22)27(33)31-16-14-30(15-17-31)25-10-6-7-13-28-25/h3-13,18-19H,14-17H2,1-2H3. The molecule has 4 aromatic rings. The number of piperazine rings is 1. The number of benzene rings is 2. The second kappa shape index (κ2) is 8.90. The Hall–Kier alpha value is -3.93. The van der Waals surface area contributed by atoms with Gasteiger partial charge in [0.1, 0.15) is 11.5 Å². The van der Waals surface area contributed by atoms with Crippen molar-refractivity contribution >= 4 is 11.7 Å². The Morgan fingerprint density at radius 2 is 1.64 bits per heavy atom. The number of rotatable bonds is 4. The van der Waals surface area contributed by atoms with Crippen LogP contribution >= 0.6 is 0 Å². The maximum Gasteiger partial charge on any atom is 0.257 e. The molecule has 0 spiro atoms. The molecule has 1 saturated heterocycles. The topological polar surface area (TPSA) is 54.3 Å². The predicted molar refractivity (Wildman–Crippen MR) is 131 cm³/mol. The van der Waals surface area contributed by atoms with Gasteiger partial charge in [-0.05, 0) is 43.7 Å². The van der Waals surface area contributed by atoms with E-state index in [1.54, 1.807) is 6.20 Å². The number of nitrogens with zero attached hydrogens (tertiary/aromatic N) is 5. The Balaban J connectivity index is 1.46. The third kappa shape index (κ3) is 4.24. The van der Waals surface area contributed by atoms with Crippen LogP contribution < -0.4 is 4.90 Å². The molecule has 1 aliphatic rings. The van der Waals surface area contributed by atoms with E-state index in [-0.39, 0.29) is 5.91 Å². The average Bonchev–Trinajstić information content (AvgIpc) is 3.30. The summed E-state index contributed by atoms with van der Waals surface area (Å²) in [6.07, 6.45) is 3.68. The number of anilines is 1. The van der Waals surface area contributed by atoms with Gasteiger partial charge in [-0.15, -0.1) is 0 Å². The van der Waals surface area contributed by atoms with E-state index in [1.165, 1.54) is 5.56 Å². The van der Waals surface area contributed by atoms with Crippen molar-refractivity contribution in [1.82, 2.24) is 19.7 Å². The zero-order valence-corrected chi connectivity index (χ0v) is 19.0. The number of carbonyl (C=O) groups is 1. The second-order valence-electron chi connectivity index (χ2n) is 8.46. The highest BCUT2D eigenvalue weighted by molar-refractivity contribution is 6.00. The van der Waals surface area contributed by atoms with Gasteiger partial charge in [0.2, 0.25) is 0 Å². The van der Waals surface area contributed by atoms with Crippen molar-refractivity contribution in [3.05, 3.63) is 95.8 Å². The average molecular weight is 438 g/mol. The monoisotopic (exact) mass is 437 g/mol. The van der Waals surface area contributed by atoms with E-state index < -0.39 is 0 Å². The highest BCUT2D eigenvalue weighted by Gasteiger charge is 2.27. The number of carbonyl (C=O) groups excluding carboxylic acids is 1. The van der Waals surface area contributed by atoms with E-state index >= 15 is 0 Å². The molecule has 33 heavy (non-hydrogen) atoms. The molecule has 0 atom stereocenters. The SMILES string of the molecule is Cc1ccc(-c2nn(-c3ccccc3)cc2C(=O)N2CCN(c3ccccn3)CC2)c(C)c1. The van der Waals surface area contributed by atoms with Crippen LogP contribution in [-0.2, 0) is 0 Å². The van der Waals surface area contributed by atoms with Gasteiger partial charge in [-0.1, -0.05) is 48.0 Å². The van der Waals surface area contributed by atoms with Crippen molar-refractivity contribution in [3.63, 3.8) is 0 Å². The molecule has 0 saturated carbocycles.